The van der Waals surface area contributed by atoms with Crippen LogP contribution in [0.3, 0.4) is 0 Å². The lowest BCUT2D eigenvalue weighted by Gasteiger charge is -2.19. The molecule has 0 amide bonds. The molecule has 0 bridgehead atoms. The first-order valence-electron chi connectivity index (χ1n) is 8.18. The largest absolute Gasteiger partial charge is 0.478 e. The molecular weight excluding hydrogens is 359 g/mol. The van der Waals surface area contributed by atoms with Crippen molar-refractivity contribution in [1.29, 1.82) is 0 Å². The van der Waals surface area contributed by atoms with Gasteiger partial charge >= 0.3 is 5.97 Å². The van der Waals surface area contributed by atoms with E-state index in [0.717, 1.165) is 38.1 Å². The number of rotatable bonds is 5. The molecule has 1 saturated heterocycles. The van der Waals surface area contributed by atoms with E-state index >= 15 is 0 Å². The van der Waals surface area contributed by atoms with Crippen LogP contribution in [0.5, 0.6) is 0 Å². The SMILES string of the molecule is Cc1ccc(C(=O)O)cc1S(=O)(=O)Nc1cc(F)cc(N2CCCC2)c1. The van der Waals surface area contributed by atoms with E-state index in [2.05, 4.69) is 4.72 Å². The maximum absolute atomic E-state index is 14.0. The number of carboxylic acids is 1. The number of hydrogen-bond acceptors (Lipinski definition) is 4. The molecule has 0 aliphatic carbocycles. The standard InChI is InChI=1S/C18H19FN2O4S/c1-12-4-5-13(18(22)23)8-17(12)26(24,25)20-15-9-14(19)10-16(11-15)21-6-2-3-7-21/h4-5,8-11,20H,2-3,6-7H2,1H3,(H,22,23). The number of anilines is 2. The van der Waals surface area contributed by atoms with Gasteiger partial charge in [0.25, 0.3) is 10.0 Å². The fraction of sp³-hybridized carbons (Fsp3) is 0.278. The summed E-state index contributed by atoms with van der Waals surface area (Å²) >= 11 is 0. The Morgan fingerprint density at radius 1 is 1.15 bits per heavy atom. The number of halogens is 1. The Morgan fingerprint density at radius 2 is 1.85 bits per heavy atom. The van der Waals surface area contributed by atoms with Gasteiger partial charge in [0.05, 0.1) is 16.1 Å². The van der Waals surface area contributed by atoms with E-state index in [1.807, 2.05) is 4.90 Å². The Morgan fingerprint density at radius 3 is 2.50 bits per heavy atom. The molecule has 6 nitrogen and oxygen atoms in total. The second kappa shape index (κ2) is 6.95. The maximum Gasteiger partial charge on any atom is 0.335 e. The monoisotopic (exact) mass is 378 g/mol. The molecule has 1 heterocycles. The van der Waals surface area contributed by atoms with Gasteiger partial charge in [-0.2, -0.15) is 0 Å². The lowest BCUT2D eigenvalue weighted by molar-refractivity contribution is 0.0696. The molecule has 0 spiro atoms. The first kappa shape index (κ1) is 18.2. The summed E-state index contributed by atoms with van der Waals surface area (Å²) in [6, 6.07) is 7.93. The number of aryl methyl sites for hydroxylation is 1. The highest BCUT2D eigenvalue weighted by Crippen LogP contribution is 2.27. The fourth-order valence-electron chi connectivity index (χ4n) is 3.02. The third-order valence-electron chi connectivity index (χ3n) is 4.33. The Bertz CT molecular complexity index is 954. The summed E-state index contributed by atoms with van der Waals surface area (Å²) in [5.74, 6) is -1.76. The van der Waals surface area contributed by atoms with E-state index in [1.54, 1.807) is 13.0 Å². The van der Waals surface area contributed by atoms with Crippen molar-refractivity contribution in [3.63, 3.8) is 0 Å². The molecule has 8 heteroatoms. The summed E-state index contributed by atoms with van der Waals surface area (Å²) in [4.78, 5) is 13.0. The Labute approximate surface area is 151 Å². The first-order valence-corrected chi connectivity index (χ1v) is 9.67. The van der Waals surface area contributed by atoms with Crippen LogP contribution in [0.25, 0.3) is 0 Å². The smallest absolute Gasteiger partial charge is 0.335 e. The predicted molar refractivity (Wildman–Crippen MR) is 96.8 cm³/mol. The van der Waals surface area contributed by atoms with Gasteiger partial charge in [-0.15, -0.1) is 0 Å². The third kappa shape index (κ3) is 3.80. The summed E-state index contributed by atoms with van der Waals surface area (Å²) in [6.45, 7) is 3.17. The first-order chi connectivity index (χ1) is 12.3. The van der Waals surface area contributed by atoms with Crippen LogP contribution in [0.1, 0.15) is 28.8 Å². The summed E-state index contributed by atoms with van der Waals surface area (Å²) < 4.78 is 41.7. The zero-order chi connectivity index (χ0) is 18.9. The average Bonchev–Trinajstić information content (AvgIpc) is 3.08. The molecule has 2 aromatic carbocycles. The Kier molecular flexibility index (Phi) is 4.86. The number of nitrogens with one attached hydrogen (secondary N) is 1. The van der Waals surface area contributed by atoms with E-state index in [9.17, 15) is 17.6 Å². The van der Waals surface area contributed by atoms with E-state index in [4.69, 9.17) is 5.11 Å². The second-order valence-corrected chi connectivity index (χ2v) is 7.93. The van der Waals surface area contributed by atoms with Crippen molar-refractivity contribution < 1.29 is 22.7 Å². The van der Waals surface area contributed by atoms with Crippen LogP contribution >= 0.6 is 0 Å². The zero-order valence-corrected chi connectivity index (χ0v) is 15.0. The zero-order valence-electron chi connectivity index (χ0n) is 14.2. The second-order valence-electron chi connectivity index (χ2n) is 6.28. The molecule has 3 rings (SSSR count). The fourth-order valence-corrected chi connectivity index (χ4v) is 4.34. The molecule has 2 aromatic rings. The number of nitrogens with zero attached hydrogens (tertiary/aromatic N) is 1. The molecule has 26 heavy (non-hydrogen) atoms. The topological polar surface area (TPSA) is 86.7 Å². The summed E-state index contributed by atoms with van der Waals surface area (Å²) in [5.41, 5.74) is 0.995. The Balaban J connectivity index is 1.95. The highest BCUT2D eigenvalue weighted by atomic mass is 32.2. The third-order valence-corrected chi connectivity index (χ3v) is 5.85. The van der Waals surface area contributed by atoms with Gasteiger partial charge in [-0.25, -0.2) is 17.6 Å². The minimum absolute atomic E-state index is 0.104. The Hall–Kier alpha value is -2.61. The van der Waals surface area contributed by atoms with Crippen LogP contribution in [0, 0.1) is 12.7 Å². The molecule has 1 fully saturated rings. The minimum Gasteiger partial charge on any atom is -0.478 e. The highest BCUT2D eigenvalue weighted by molar-refractivity contribution is 7.92. The lowest BCUT2D eigenvalue weighted by atomic mass is 10.1. The number of benzene rings is 2. The number of carboxylic acid groups (broad SMARTS) is 1. The van der Waals surface area contributed by atoms with Crippen molar-refractivity contribution in [1.82, 2.24) is 0 Å². The summed E-state index contributed by atoms with van der Waals surface area (Å²) in [5, 5.41) is 9.08. The van der Waals surface area contributed by atoms with Crippen molar-refractivity contribution >= 4 is 27.4 Å². The average molecular weight is 378 g/mol. The van der Waals surface area contributed by atoms with Crippen molar-refractivity contribution in [2.45, 2.75) is 24.7 Å². The van der Waals surface area contributed by atoms with E-state index in [0.29, 0.717) is 11.3 Å². The van der Waals surface area contributed by atoms with Crippen molar-refractivity contribution in [2.75, 3.05) is 22.7 Å². The van der Waals surface area contributed by atoms with Crippen LogP contribution in [0.4, 0.5) is 15.8 Å². The van der Waals surface area contributed by atoms with Crippen molar-refractivity contribution in [2.24, 2.45) is 0 Å². The molecular formula is C18H19FN2O4S. The lowest BCUT2D eigenvalue weighted by Crippen LogP contribution is -2.19. The molecule has 1 aliphatic rings. The van der Waals surface area contributed by atoms with Crippen LogP contribution < -0.4 is 9.62 Å². The summed E-state index contributed by atoms with van der Waals surface area (Å²) in [7, 11) is -4.06. The predicted octanol–water partition coefficient (Wildman–Crippen LogP) is 3.23. The minimum atomic E-state index is -4.06. The number of carbonyl (C=O) groups is 1. The van der Waals surface area contributed by atoms with E-state index in [1.165, 1.54) is 18.2 Å². The molecule has 1 aliphatic heterocycles. The number of aromatic carboxylic acids is 1. The molecule has 0 unspecified atom stereocenters. The molecule has 0 aromatic heterocycles. The highest BCUT2D eigenvalue weighted by Gasteiger charge is 2.21. The number of sulfonamides is 1. The van der Waals surface area contributed by atoms with E-state index < -0.39 is 21.8 Å². The normalized spacial score (nSPS) is 14.5. The van der Waals surface area contributed by atoms with Gasteiger partial charge in [-0.3, -0.25) is 4.72 Å². The van der Waals surface area contributed by atoms with E-state index in [-0.39, 0.29) is 16.1 Å². The van der Waals surface area contributed by atoms with Gasteiger partial charge in [-0.05, 0) is 55.7 Å². The van der Waals surface area contributed by atoms with Gasteiger partial charge in [0.15, 0.2) is 0 Å². The van der Waals surface area contributed by atoms with Gasteiger partial charge in [0, 0.05) is 18.8 Å². The van der Waals surface area contributed by atoms with Gasteiger partial charge in [0.1, 0.15) is 5.82 Å². The van der Waals surface area contributed by atoms with Gasteiger partial charge < -0.3 is 10.0 Å². The van der Waals surface area contributed by atoms with Gasteiger partial charge in [0.2, 0.25) is 0 Å². The van der Waals surface area contributed by atoms with Crippen molar-refractivity contribution in [3.05, 3.63) is 53.3 Å². The van der Waals surface area contributed by atoms with Crippen LogP contribution in [-0.4, -0.2) is 32.6 Å². The number of hydrogen-bond donors (Lipinski definition) is 2. The quantitative estimate of drug-likeness (QED) is 0.834. The van der Waals surface area contributed by atoms with Gasteiger partial charge in [-0.1, -0.05) is 6.07 Å². The molecule has 0 radical (unpaired) electrons. The molecule has 0 atom stereocenters. The van der Waals surface area contributed by atoms with Crippen molar-refractivity contribution in [3.8, 4) is 0 Å². The van der Waals surface area contributed by atoms with Crippen LogP contribution in [-0.2, 0) is 10.0 Å². The molecule has 0 saturated carbocycles. The molecule has 2 N–H and O–H groups in total. The van der Waals surface area contributed by atoms with Crippen LogP contribution in [0.2, 0.25) is 0 Å². The summed E-state index contributed by atoms with van der Waals surface area (Å²) in [6.07, 6.45) is 2.03. The molecule has 138 valence electrons. The van der Waals surface area contributed by atoms with Crippen LogP contribution in [0.15, 0.2) is 41.3 Å². The maximum atomic E-state index is 14.0.